The van der Waals surface area contributed by atoms with E-state index in [0.29, 0.717) is 17.2 Å². The fraction of sp³-hybridized carbons (Fsp3) is 0.400. The van der Waals surface area contributed by atoms with Gasteiger partial charge in [-0.1, -0.05) is 5.11 Å². The highest BCUT2D eigenvalue weighted by molar-refractivity contribution is 5.53. The Balaban J connectivity index is 0. The van der Waals surface area contributed by atoms with E-state index in [1.807, 2.05) is 0 Å². The summed E-state index contributed by atoms with van der Waals surface area (Å²) >= 11 is 0. The van der Waals surface area contributed by atoms with Crippen LogP contribution in [-0.2, 0) is 6.54 Å². The summed E-state index contributed by atoms with van der Waals surface area (Å²) in [4.78, 5) is 2.70. The molecule has 20 heavy (non-hydrogen) atoms. The molecule has 1 rings (SSSR count). The monoisotopic (exact) mass is 299 g/mol. The largest absolute Gasteiger partial charge is 0.493 e. The van der Waals surface area contributed by atoms with E-state index in [0.717, 1.165) is 5.56 Å². The minimum Gasteiger partial charge on any atom is -0.493 e. The third-order valence-electron chi connectivity index (χ3n) is 2.04. The smallest absolute Gasteiger partial charge is 0.203 e. The van der Waals surface area contributed by atoms with E-state index < -0.39 is 0 Å². The van der Waals surface area contributed by atoms with Crippen LogP contribution in [-0.4, -0.2) is 21.3 Å². The Labute approximate surface area is 112 Å². The van der Waals surface area contributed by atoms with E-state index in [-0.39, 0.29) is 6.54 Å². The number of benzene rings is 1. The second kappa shape index (κ2) is 13.1. The SMILES string of the molecule is COc1cc(CN=[N+]=[N-])cc(OC)c1OC.FF.FF. The van der Waals surface area contributed by atoms with Gasteiger partial charge in [0.2, 0.25) is 5.75 Å². The molecule has 10 heteroatoms. The number of hydrogen-bond donors (Lipinski definition) is 0. The quantitative estimate of drug-likeness (QED) is 0.354. The first kappa shape index (κ1) is 20.0. The van der Waals surface area contributed by atoms with Crippen molar-refractivity contribution in [2.24, 2.45) is 5.11 Å². The summed E-state index contributed by atoms with van der Waals surface area (Å²) in [5, 5.41) is 3.48. The molecule has 0 aliphatic carbocycles. The first-order valence-electron chi connectivity index (χ1n) is 4.85. The molecular formula is C10H13F4N3O3. The van der Waals surface area contributed by atoms with Gasteiger partial charge in [-0.25, -0.2) is 0 Å². The standard InChI is InChI=1S/C10H13N3O3.2F2/c1-14-8-4-7(6-12-13-11)5-9(15-2)10(8)16-3;2*1-2/h4-5H,6H2,1-3H3;;. The van der Waals surface area contributed by atoms with E-state index in [4.69, 9.17) is 38.0 Å². The predicted molar refractivity (Wildman–Crippen MR) is 63.4 cm³/mol. The molecule has 0 fully saturated rings. The van der Waals surface area contributed by atoms with Crippen LogP contribution in [0.5, 0.6) is 17.2 Å². The minimum absolute atomic E-state index is 0.243. The van der Waals surface area contributed by atoms with Gasteiger partial charge in [0.15, 0.2) is 11.5 Å². The number of methoxy groups -OCH3 is 3. The lowest BCUT2D eigenvalue weighted by atomic mass is 10.2. The molecule has 0 unspecified atom stereocenters. The van der Waals surface area contributed by atoms with E-state index in [1.165, 1.54) is 21.3 Å². The van der Waals surface area contributed by atoms with Gasteiger partial charge in [-0.3, -0.25) is 0 Å². The molecule has 1 aromatic rings. The second-order valence-electron chi connectivity index (χ2n) is 2.92. The van der Waals surface area contributed by atoms with Gasteiger partial charge in [0.25, 0.3) is 0 Å². The van der Waals surface area contributed by atoms with Crippen LogP contribution in [0.15, 0.2) is 17.2 Å². The van der Waals surface area contributed by atoms with Gasteiger partial charge in [-0.2, -0.15) is 0 Å². The fourth-order valence-corrected chi connectivity index (χ4v) is 1.34. The summed E-state index contributed by atoms with van der Waals surface area (Å²) in [5.41, 5.74) is 9.05. The molecule has 0 saturated carbocycles. The Morgan fingerprint density at radius 1 is 1.00 bits per heavy atom. The van der Waals surface area contributed by atoms with Crippen LogP contribution in [0.2, 0.25) is 0 Å². The third kappa shape index (κ3) is 6.01. The highest BCUT2D eigenvalue weighted by atomic mass is 20.0. The molecule has 1 aromatic carbocycles. The Kier molecular flexibility index (Phi) is 13.1. The Hall–Kier alpha value is -2.35. The summed E-state index contributed by atoms with van der Waals surface area (Å²) in [6.45, 7) is 0.243. The molecule has 0 radical (unpaired) electrons. The van der Waals surface area contributed by atoms with E-state index in [2.05, 4.69) is 10.0 Å². The van der Waals surface area contributed by atoms with Gasteiger partial charge in [0.05, 0.1) is 27.9 Å². The molecule has 0 amide bonds. The van der Waals surface area contributed by atoms with Crippen molar-refractivity contribution in [2.45, 2.75) is 6.54 Å². The summed E-state index contributed by atoms with van der Waals surface area (Å²) in [6, 6.07) is 3.49. The van der Waals surface area contributed by atoms with Gasteiger partial charge < -0.3 is 14.2 Å². The summed E-state index contributed by atoms with van der Waals surface area (Å²) in [6.07, 6.45) is 0. The maximum Gasteiger partial charge on any atom is 0.203 e. The van der Waals surface area contributed by atoms with Crippen molar-refractivity contribution in [1.29, 1.82) is 0 Å². The number of halogens is 4. The zero-order chi connectivity index (χ0) is 16.0. The Bertz CT molecular complexity index is 403. The van der Waals surface area contributed by atoms with Crippen LogP contribution in [0.1, 0.15) is 5.56 Å². The number of ether oxygens (including phenoxy) is 3. The molecule has 0 bridgehead atoms. The fourth-order valence-electron chi connectivity index (χ4n) is 1.34. The highest BCUT2D eigenvalue weighted by Gasteiger charge is 2.12. The lowest BCUT2D eigenvalue weighted by Crippen LogP contribution is -1.96. The number of rotatable bonds is 5. The molecule has 114 valence electrons. The van der Waals surface area contributed by atoms with Crippen LogP contribution in [0.4, 0.5) is 18.3 Å². The average molecular weight is 299 g/mol. The minimum atomic E-state index is 0.243. The number of nitrogens with zero attached hydrogens (tertiary/aromatic N) is 3. The van der Waals surface area contributed by atoms with Crippen molar-refractivity contribution in [2.75, 3.05) is 21.3 Å². The Morgan fingerprint density at radius 3 is 1.75 bits per heavy atom. The van der Waals surface area contributed by atoms with E-state index in [1.54, 1.807) is 12.1 Å². The van der Waals surface area contributed by atoms with Gasteiger partial charge in [-0.05, 0) is 23.2 Å². The lowest BCUT2D eigenvalue weighted by Gasteiger charge is -2.13. The lowest BCUT2D eigenvalue weighted by molar-refractivity contribution is 0.108. The Morgan fingerprint density at radius 2 is 1.45 bits per heavy atom. The van der Waals surface area contributed by atoms with Crippen molar-refractivity contribution in [1.82, 2.24) is 0 Å². The molecule has 0 aromatic heterocycles. The van der Waals surface area contributed by atoms with Crippen molar-refractivity contribution >= 4 is 0 Å². The van der Waals surface area contributed by atoms with Crippen LogP contribution < -0.4 is 14.2 Å². The topological polar surface area (TPSA) is 76.5 Å². The molecule has 0 spiro atoms. The van der Waals surface area contributed by atoms with Crippen LogP contribution in [0.3, 0.4) is 0 Å². The summed E-state index contributed by atoms with van der Waals surface area (Å²) in [7, 11) is 4.61. The predicted octanol–water partition coefficient (Wildman–Crippen LogP) is 4.20. The highest BCUT2D eigenvalue weighted by Crippen LogP contribution is 2.38. The molecule has 0 N–H and O–H groups in total. The van der Waals surface area contributed by atoms with Crippen molar-refractivity contribution < 1.29 is 32.5 Å². The van der Waals surface area contributed by atoms with Gasteiger partial charge in [0.1, 0.15) is 0 Å². The normalized spacial score (nSPS) is 7.95. The first-order valence-corrected chi connectivity index (χ1v) is 4.85. The van der Waals surface area contributed by atoms with Crippen molar-refractivity contribution in [3.8, 4) is 17.2 Å². The number of hydrogen-bond acceptors (Lipinski definition) is 4. The maximum atomic E-state index is 8.25. The third-order valence-corrected chi connectivity index (χ3v) is 2.04. The molecule has 0 aliphatic rings. The average Bonchev–Trinajstić information content (AvgIpc) is 2.55. The molecule has 0 heterocycles. The van der Waals surface area contributed by atoms with Gasteiger partial charge >= 0.3 is 0 Å². The summed E-state index contributed by atoms with van der Waals surface area (Å²) < 4.78 is 47.5. The van der Waals surface area contributed by atoms with E-state index in [9.17, 15) is 0 Å². The van der Waals surface area contributed by atoms with Crippen molar-refractivity contribution in [3.63, 3.8) is 0 Å². The van der Waals surface area contributed by atoms with Crippen molar-refractivity contribution in [3.05, 3.63) is 28.1 Å². The van der Waals surface area contributed by atoms with Crippen LogP contribution in [0.25, 0.3) is 10.4 Å². The van der Waals surface area contributed by atoms with E-state index >= 15 is 0 Å². The zero-order valence-electron chi connectivity index (χ0n) is 10.9. The first-order chi connectivity index (χ1) is 9.76. The molecule has 6 nitrogen and oxygen atoms in total. The van der Waals surface area contributed by atoms with Crippen LogP contribution >= 0.6 is 0 Å². The zero-order valence-corrected chi connectivity index (χ0v) is 10.9. The molecule has 0 saturated heterocycles. The molecule has 0 aliphatic heterocycles. The molecule has 0 atom stereocenters. The number of azide groups is 1. The maximum absolute atomic E-state index is 8.25. The second-order valence-corrected chi connectivity index (χ2v) is 2.92. The summed E-state index contributed by atoms with van der Waals surface area (Å²) in [5.74, 6) is 1.62. The van der Waals surface area contributed by atoms with Gasteiger partial charge in [0, 0.05) is 23.2 Å². The van der Waals surface area contributed by atoms with Crippen LogP contribution in [0, 0.1) is 0 Å². The molecular weight excluding hydrogens is 286 g/mol. The van der Waals surface area contributed by atoms with Gasteiger partial charge in [-0.15, -0.1) is 0 Å².